The Morgan fingerprint density at radius 3 is 1.20 bits per heavy atom. The average Bonchev–Trinajstić information content (AvgIpc) is 3.32. The van der Waals surface area contributed by atoms with Gasteiger partial charge in [-0.15, -0.1) is 0 Å². The van der Waals surface area contributed by atoms with Crippen molar-refractivity contribution >= 4 is 0 Å². The predicted octanol–water partition coefficient (Wildman–Crippen LogP) is 10.8. The summed E-state index contributed by atoms with van der Waals surface area (Å²) in [6, 6.07) is 70.6. The maximum absolute atomic E-state index is 7.71. The molecule has 6 heteroatoms. The lowest BCUT2D eigenvalue weighted by Crippen LogP contribution is -2.66. The smallest absolute Gasteiger partial charge is 0.118 e. The van der Waals surface area contributed by atoms with E-state index in [0.29, 0.717) is 26.4 Å². The van der Waals surface area contributed by atoms with E-state index in [1.165, 1.54) is 0 Å². The molecule has 0 aromatic heterocycles. The number of rotatable bonds is 18. The molecule has 0 amide bonds. The third kappa shape index (κ3) is 9.61. The molecule has 0 unspecified atom stereocenters. The minimum atomic E-state index is -0.910. The molecule has 6 nitrogen and oxygen atoms in total. The van der Waals surface area contributed by atoms with Gasteiger partial charge in [-0.1, -0.05) is 194 Å². The van der Waals surface area contributed by atoms with E-state index in [9.17, 15) is 0 Å². The molecular formula is C54H52O6. The zero-order chi connectivity index (χ0) is 40.8. The Kier molecular flexibility index (Phi) is 13.9. The number of ether oxygens (including phenoxy) is 6. The second-order valence-electron chi connectivity index (χ2n) is 15.1. The molecule has 5 atom stereocenters. The van der Waals surface area contributed by atoms with Crippen LogP contribution < -0.4 is 4.74 Å². The molecule has 0 N–H and O–H groups in total. The Bertz CT molecular complexity index is 2230. The topological polar surface area (TPSA) is 55.4 Å². The fourth-order valence-electron chi connectivity index (χ4n) is 8.39. The Balaban J connectivity index is 1.32. The fraction of sp³-hybridized carbons (Fsp3) is 0.222. The summed E-state index contributed by atoms with van der Waals surface area (Å²) < 4.78 is 41.6. The Morgan fingerprint density at radius 1 is 0.400 bits per heavy atom. The van der Waals surface area contributed by atoms with E-state index in [1.54, 1.807) is 7.11 Å². The van der Waals surface area contributed by atoms with Crippen LogP contribution in [0.5, 0.6) is 5.75 Å². The lowest BCUT2D eigenvalue weighted by atomic mass is 9.63. The van der Waals surface area contributed by atoms with Crippen LogP contribution in [0.3, 0.4) is 0 Å². The van der Waals surface area contributed by atoms with Crippen LogP contribution in [0, 0.1) is 0 Å². The van der Waals surface area contributed by atoms with E-state index in [0.717, 1.165) is 44.7 Å². The van der Waals surface area contributed by atoms with Crippen LogP contribution >= 0.6 is 0 Å². The fourth-order valence-corrected chi connectivity index (χ4v) is 8.39. The highest BCUT2D eigenvalue weighted by molar-refractivity contribution is 5.54. The summed E-state index contributed by atoms with van der Waals surface area (Å²) in [5.41, 5.74) is 6.43. The molecule has 0 aliphatic carbocycles. The molecule has 8 rings (SSSR count). The molecule has 0 radical (unpaired) electrons. The maximum atomic E-state index is 7.71. The number of hydrogen-bond acceptors (Lipinski definition) is 6. The van der Waals surface area contributed by atoms with E-state index < -0.39 is 35.9 Å². The molecule has 7 aromatic rings. The van der Waals surface area contributed by atoms with Gasteiger partial charge in [0.15, 0.2) is 0 Å². The van der Waals surface area contributed by atoms with E-state index in [-0.39, 0.29) is 6.61 Å². The summed E-state index contributed by atoms with van der Waals surface area (Å²) in [5.74, 6) is 0.765. The summed E-state index contributed by atoms with van der Waals surface area (Å²) in [6.07, 6.45) is -3.05. The second-order valence-corrected chi connectivity index (χ2v) is 15.1. The number of benzene rings is 7. The highest BCUT2D eigenvalue weighted by Crippen LogP contribution is 2.49. The average molecular weight is 797 g/mol. The van der Waals surface area contributed by atoms with Gasteiger partial charge in [-0.05, 0) is 51.1 Å². The molecule has 0 spiro atoms. The molecule has 60 heavy (non-hydrogen) atoms. The van der Waals surface area contributed by atoms with Crippen molar-refractivity contribution in [2.24, 2.45) is 0 Å². The highest BCUT2D eigenvalue weighted by Gasteiger charge is 2.57. The van der Waals surface area contributed by atoms with Crippen molar-refractivity contribution in [3.05, 3.63) is 245 Å². The normalized spacial score (nSPS) is 19.1. The first-order valence-electron chi connectivity index (χ1n) is 20.7. The van der Waals surface area contributed by atoms with Crippen LogP contribution in [0.4, 0.5) is 0 Å². The van der Waals surface area contributed by atoms with Gasteiger partial charge in [0.1, 0.15) is 36.3 Å². The van der Waals surface area contributed by atoms with E-state index in [1.807, 2.05) is 84.9 Å². The largest absolute Gasteiger partial charge is 0.497 e. The molecule has 1 saturated heterocycles. The van der Waals surface area contributed by atoms with Gasteiger partial charge < -0.3 is 28.4 Å². The number of hydrogen-bond donors (Lipinski definition) is 0. The second kappa shape index (κ2) is 20.4. The molecular weight excluding hydrogens is 745 g/mol. The predicted molar refractivity (Wildman–Crippen MR) is 236 cm³/mol. The van der Waals surface area contributed by atoms with Crippen LogP contribution in [0.2, 0.25) is 0 Å². The van der Waals surface area contributed by atoms with Crippen molar-refractivity contribution in [3.63, 3.8) is 0 Å². The molecule has 1 aliphatic rings. The zero-order valence-corrected chi connectivity index (χ0v) is 34.0. The molecule has 7 aromatic carbocycles. The minimum Gasteiger partial charge on any atom is -0.497 e. The Hall–Kier alpha value is -5.86. The third-order valence-electron chi connectivity index (χ3n) is 11.3. The van der Waals surface area contributed by atoms with Gasteiger partial charge in [0, 0.05) is 0 Å². The Morgan fingerprint density at radius 2 is 0.767 bits per heavy atom. The van der Waals surface area contributed by atoms with Gasteiger partial charge in [-0.3, -0.25) is 0 Å². The molecule has 1 aliphatic heterocycles. The van der Waals surface area contributed by atoms with Crippen molar-refractivity contribution < 1.29 is 28.4 Å². The SMILES string of the molecule is COc1ccc(C(c2ccccc2)(c2ccccc2)[C@@H]2O[C@H](COCc3ccccc3)[C@@H](OCc3ccccc3)[C@H](OCc3ccccc3)[C@H]2OCc2ccccc2)cc1. The first kappa shape index (κ1) is 40.9. The van der Waals surface area contributed by atoms with Crippen LogP contribution in [0.25, 0.3) is 0 Å². The van der Waals surface area contributed by atoms with Gasteiger partial charge in [-0.2, -0.15) is 0 Å². The molecule has 0 bridgehead atoms. The van der Waals surface area contributed by atoms with Crippen LogP contribution in [-0.4, -0.2) is 44.2 Å². The van der Waals surface area contributed by atoms with Crippen molar-refractivity contribution in [3.8, 4) is 5.75 Å². The van der Waals surface area contributed by atoms with Crippen LogP contribution in [0.1, 0.15) is 38.9 Å². The van der Waals surface area contributed by atoms with Crippen molar-refractivity contribution in [1.82, 2.24) is 0 Å². The highest BCUT2D eigenvalue weighted by atomic mass is 16.6. The first-order valence-corrected chi connectivity index (χ1v) is 20.7. The van der Waals surface area contributed by atoms with Gasteiger partial charge in [0.05, 0.1) is 45.6 Å². The lowest BCUT2D eigenvalue weighted by molar-refractivity contribution is -0.280. The summed E-state index contributed by atoms with van der Waals surface area (Å²) in [7, 11) is 1.69. The van der Waals surface area contributed by atoms with E-state index in [4.69, 9.17) is 28.4 Å². The van der Waals surface area contributed by atoms with E-state index >= 15 is 0 Å². The molecule has 1 fully saturated rings. The summed E-state index contributed by atoms with van der Waals surface area (Å²) >= 11 is 0. The standard InChI is InChI=1S/C54H52O6/c1-55-48-34-32-47(33-35-48)54(45-28-16-6-17-29-45,46-30-18-7-19-31-46)53-52(59-39-44-26-14-5-15-27-44)51(58-38-43-24-12-4-13-25-43)50(57-37-42-22-10-3-11-23-42)49(60-53)40-56-36-41-20-8-2-9-21-41/h2-35,49-53H,36-40H2,1H3/t49-,50-,51+,52-,53-/m1/s1. The third-order valence-corrected chi connectivity index (χ3v) is 11.3. The maximum Gasteiger partial charge on any atom is 0.118 e. The van der Waals surface area contributed by atoms with Crippen LogP contribution in [0.15, 0.2) is 206 Å². The van der Waals surface area contributed by atoms with Crippen molar-refractivity contribution in [2.75, 3.05) is 13.7 Å². The van der Waals surface area contributed by atoms with Gasteiger partial charge >= 0.3 is 0 Å². The summed E-state index contributed by atoms with van der Waals surface area (Å²) in [4.78, 5) is 0. The molecule has 1 heterocycles. The summed E-state index contributed by atoms with van der Waals surface area (Å²) in [5, 5.41) is 0. The quantitative estimate of drug-likeness (QED) is 0.0807. The molecule has 0 saturated carbocycles. The number of methoxy groups -OCH3 is 1. The van der Waals surface area contributed by atoms with Crippen molar-refractivity contribution in [2.45, 2.75) is 62.4 Å². The van der Waals surface area contributed by atoms with Crippen LogP contribution in [-0.2, 0) is 55.5 Å². The summed E-state index contributed by atoms with van der Waals surface area (Å²) in [6.45, 7) is 1.70. The van der Waals surface area contributed by atoms with Crippen molar-refractivity contribution in [1.29, 1.82) is 0 Å². The van der Waals surface area contributed by atoms with Gasteiger partial charge in [-0.25, -0.2) is 0 Å². The Labute approximate surface area is 354 Å². The minimum absolute atomic E-state index is 0.254. The van der Waals surface area contributed by atoms with E-state index in [2.05, 4.69) is 121 Å². The molecule has 304 valence electrons. The lowest BCUT2D eigenvalue weighted by Gasteiger charge is -2.53. The van der Waals surface area contributed by atoms with Gasteiger partial charge in [0.25, 0.3) is 0 Å². The monoisotopic (exact) mass is 796 g/mol. The van der Waals surface area contributed by atoms with Gasteiger partial charge in [0.2, 0.25) is 0 Å². The first-order chi connectivity index (χ1) is 29.7. The zero-order valence-electron chi connectivity index (χ0n) is 34.0.